The van der Waals surface area contributed by atoms with Gasteiger partial charge in [-0.3, -0.25) is 0 Å². The summed E-state index contributed by atoms with van der Waals surface area (Å²) in [7, 11) is 0. The SMILES string of the molecule is Cc1ccc(NC(CC(Nc2ccc(C)cc2)c2ccccc2)c2ccccc2)cc1. The van der Waals surface area contributed by atoms with Gasteiger partial charge in [-0.1, -0.05) is 96.1 Å². The van der Waals surface area contributed by atoms with Gasteiger partial charge in [-0.15, -0.1) is 0 Å². The Labute approximate surface area is 186 Å². The van der Waals surface area contributed by atoms with E-state index in [9.17, 15) is 0 Å². The van der Waals surface area contributed by atoms with Crippen LogP contribution in [0.3, 0.4) is 0 Å². The molecule has 0 bridgehead atoms. The van der Waals surface area contributed by atoms with Crippen LogP contribution in [0.15, 0.2) is 109 Å². The molecule has 0 heterocycles. The van der Waals surface area contributed by atoms with Crippen molar-refractivity contribution in [3.8, 4) is 0 Å². The summed E-state index contributed by atoms with van der Waals surface area (Å²) >= 11 is 0. The zero-order chi connectivity index (χ0) is 21.5. The first kappa shape index (κ1) is 20.7. The van der Waals surface area contributed by atoms with Gasteiger partial charge in [0.25, 0.3) is 0 Å². The average molecular weight is 407 g/mol. The van der Waals surface area contributed by atoms with Gasteiger partial charge in [-0.05, 0) is 55.7 Å². The molecule has 0 aromatic heterocycles. The molecular formula is C29H30N2. The Balaban J connectivity index is 1.64. The monoisotopic (exact) mass is 406 g/mol. The third-order valence-electron chi connectivity index (χ3n) is 5.66. The second-order valence-corrected chi connectivity index (χ2v) is 8.18. The zero-order valence-corrected chi connectivity index (χ0v) is 18.3. The predicted octanol–water partition coefficient (Wildman–Crippen LogP) is 7.70. The highest BCUT2D eigenvalue weighted by atomic mass is 15.0. The molecule has 0 saturated heterocycles. The Morgan fingerprint density at radius 2 is 0.839 bits per heavy atom. The van der Waals surface area contributed by atoms with Gasteiger partial charge in [0.05, 0.1) is 12.1 Å². The third-order valence-corrected chi connectivity index (χ3v) is 5.66. The molecule has 31 heavy (non-hydrogen) atoms. The molecule has 4 aromatic rings. The van der Waals surface area contributed by atoms with Crippen LogP contribution in [0.5, 0.6) is 0 Å². The number of hydrogen-bond acceptors (Lipinski definition) is 2. The molecule has 0 aliphatic heterocycles. The van der Waals surface area contributed by atoms with Crippen molar-refractivity contribution in [3.63, 3.8) is 0 Å². The molecule has 0 spiro atoms. The van der Waals surface area contributed by atoms with Crippen LogP contribution in [-0.2, 0) is 0 Å². The summed E-state index contributed by atoms with van der Waals surface area (Å²) in [6.07, 6.45) is 0.912. The number of hydrogen-bond donors (Lipinski definition) is 2. The molecule has 156 valence electrons. The topological polar surface area (TPSA) is 24.1 Å². The van der Waals surface area contributed by atoms with E-state index < -0.39 is 0 Å². The van der Waals surface area contributed by atoms with Crippen LogP contribution in [0.1, 0.15) is 40.8 Å². The van der Waals surface area contributed by atoms with Crippen molar-refractivity contribution >= 4 is 11.4 Å². The number of benzene rings is 4. The summed E-state index contributed by atoms with van der Waals surface area (Å²) in [5, 5.41) is 7.56. The molecule has 0 aliphatic rings. The molecule has 0 saturated carbocycles. The number of rotatable bonds is 8. The van der Waals surface area contributed by atoms with E-state index in [2.05, 4.69) is 134 Å². The minimum Gasteiger partial charge on any atom is -0.378 e. The van der Waals surface area contributed by atoms with Crippen molar-refractivity contribution < 1.29 is 0 Å². The van der Waals surface area contributed by atoms with Crippen LogP contribution in [0, 0.1) is 13.8 Å². The lowest BCUT2D eigenvalue weighted by molar-refractivity contribution is 0.612. The maximum atomic E-state index is 3.78. The van der Waals surface area contributed by atoms with Crippen molar-refractivity contribution in [2.24, 2.45) is 0 Å². The molecule has 2 unspecified atom stereocenters. The summed E-state index contributed by atoms with van der Waals surface area (Å²) in [5.74, 6) is 0. The quantitative estimate of drug-likeness (QED) is 0.313. The smallest absolute Gasteiger partial charge is 0.0536 e. The van der Waals surface area contributed by atoms with Crippen LogP contribution in [0.25, 0.3) is 0 Å². The zero-order valence-electron chi connectivity index (χ0n) is 18.3. The Morgan fingerprint density at radius 3 is 1.19 bits per heavy atom. The van der Waals surface area contributed by atoms with Crippen molar-refractivity contribution in [3.05, 3.63) is 131 Å². The van der Waals surface area contributed by atoms with Gasteiger partial charge in [0.1, 0.15) is 0 Å². The maximum Gasteiger partial charge on any atom is 0.0536 e. The molecule has 0 amide bonds. The van der Waals surface area contributed by atoms with E-state index in [0.717, 1.165) is 17.8 Å². The molecule has 0 aliphatic carbocycles. The first-order valence-corrected chi connectivity index (χ1v) is 10.9. The largest absolute Gasteiger partial charge is 0.378 e. The lowest BCUT2D eigenvalue weighted by Crippen LogP contribution is -2.19. The summed E-state index contributed by atoms with van der Waals surface area (Å²) in [6.45, 7) is 4.24. The van der Waals surface area contributed by atoms with Gasteiger partial charge >= 0.3 is 0 Å². The highest BCUT2D eigenvalue weighted by molar-refractivity contribution is 5.49. The normalized spacial score (nSPS) is 12.7. The van der Waals surface area contributed by atoms with Gasteiger partial charge in [-0.2, -0.15) is 0 Å². The van der Waals surface area contributed by atoms with E-state index in [4.69, 9.17) is 0 Å². The van der Waals surface area contributed by atoms with E-state index >= 15 is 0 Å². The van der Waals surface area contributed by atoms with E-state index in [0.29, 0.717) is 0 Å². The predicted molar refractivity (Wildman–Crippen MR) is 133 cm³/mol. The van der Waals surface area contributed by atoms with Gasteiger partial charge in [0.15, 0.2) is 0 Å². The van der Waals surface area contributed by atoms with Crippen molar-refractivity contribution in [2.45, 2.75) is 32.4 Å². The Morgan fingerprint density at radius 1 is 0.484 bits per heavy atom. The summed E-state index contributed by atoms with van der Waals surface area (Å²) in [4.78, 5) is 0. The lowest BCUT2D eigenvalue weighted by atomic mass is 9.94. The number of anilines is 2. The van der Waals surface area contributed by atoms with Crippen LogP contribution in [0.4, 0.5) is 11.4 Å². The third kappa shape index (κ3) is 5.76. The standard InChI is InChI=1S/C29H30N2/c1-22-13-17-26(18-14-22)30-28(24-9-5-3-6-10-24)21-29(25-11-7-4-8-12-25)31-27-19-15-23(2)16-20-27/h3-20,28-31H,21H2,1-2H3. The minimum absolute atomic E-state index is 0.173. The summed E-state index contributed by atoms with van der Waals surface area (Å²) in [5.41, 5.74) is 7.39. The average Bonchev–Trinajstić information content (AvgIpc) is 2.82. The Bertz CT molecular complexity index is 966. The molecule has 4 aromatic carbocycles. The highest BCUT2D eigenvalue weighted by Crippen LogP contribution is 2.32. The Hall–Kier alpha value is -3.52. The van der Waals surface area contributed by atoms with E-state index in [1.807, 2.05) is 0 Å². The van der Waals surface area contributed by atoms with Crippen LogP contribution in [-0.4, -0.2) is 0 Å². The molecule has 2 heteroatoms. The molecule has 2 atom stereocenters. The number of nitrogens with one attached hydrogen (secondary N) is 2. The fourth-order valence-electron chi connectivity index (χ4n) is 3.87. The summed E-state index contributed by atoms with van der Waals surface area (Å²) in [6, 6.07) is 39.1. The van der Waals surface area contributed by atoms with Crippen molar-refractivity contribution in [1.29, 1.82) is 0 Å². The highest BCUT2D eigenvalue weighted by Gasteiger charge is 2.20. The molecular weight excluding hydrogens is 376 g/mol. The summed E-state index contributed by atoms with van der Waals surface area (Å²) < 4.78 is 0. The van der Waals surface area contributed by atoms with Crippen LogP contribution < -0.4 is 10.6 Å². The van der Waals surface area contributed by atoms with Gasteiger partial charge in [0.2, 0.25) is 0 Å². The van der Waals surface area contributed by atoms with Gasteiger partial charge < -0.3 is 10.6 Å². The van der Waals surface area contributed by atoms with E-state index in [1.54, 1.807) is 0 Å². The minimum atomic E-state index is 0.173. The van der Waals surface area contributed by atoms with E-state index in [-0.39, 0.29) is 12.1 Å². The first-order chi connectivity index (χ1) is 15.2. The van der Waals surface area contributed by atoms with E-state index in [1.165, 1.54) is 22.3 Å². The van der Waals surface area contributed by atoms with Crippen LogP contribution >= 0.6 is 0 Å². The fourth-order valence-corrected chi connectivity index (χ4v) is 3.87. The molecule has 2 N–H and O–H groups in total. The molecule has 2 nitrogen and oxygen atoms in total. The van der Waals surface area contributed by atoms with Crippen molar-refractivity contribution in [1.82, 2.24) is 0 Å². The molecule has 0 radical (unpaired) electrons. The molecule has 4 rings (SSSR count). The Kier molecular flexibility index (Phi) is 6.68. The fraction of sp³-hybridized carbons (Fsp3) is 0.172. The first-order valence-electron chi connectivity index (χ1n) is 10.9. The van der Waals surface area contributed by atoms with Gasteiger partial charge in [-0.25, -0.2) is 0 Å². The molecule has 0 fully saturated rings. The second-order valence-electron chi connectivity index (χ2n) is 8.18. The van der Waals surface area contributed by atoms with Crippen LogP contribution in [0.2, 0.25) is 0 Å². The second kappa shape index (κ2) is 9.99. The lowest BCUT2D eigenvalue weighted by Gasteiger charge is -2.28. The van der Waals surface area contributed by atoms with Gasteiger partial charge in [0, 0.05) is 11.4 Å². The van der Waals surface area contributed by atoms with Crippen molar-refractivity contribution in [2.75, 3.05) is 10.6 Å². The number of aryl methyl sites for hydroxylation is 2. The maximum absolute atomic E-state index is 3.78.